The summed E-state index contributed by atoms with van der Waals surface area (Å²) in [4.78, 5) is 13.6. The maximum Gasteiger partial charge on any atom is 0.225 e. The van der Waals surface area contributed by atoms with Gasteiger partial charge in [0, 0.05) is 22.8 Å². The van der Waals surface area contributed by atoms with E-state index in [0.29, 0.717) is 34.7 Å². The zero-order chi connectivity index (χ0) is 18.8. The van der Waals surface area contributed by atoms with Gasteiger partial charge in [-0.2, -0.15) is 4.98 Å². The van der Waals surface area contributed by atoms with Crippen LogP contribution in [0, 0.1) is 0 Å². The molecule has 7 nitrogen and oxygen atoms in total. The number of methoxy groups -OCH3 is 2. The number of nitrogens with one attached hydrogen (secondary N) is 1. The van der Waals surface area contributed by atoms with Crippen LogP contribution in [-0.2, 0) is 0 Å². The van der Waals surface area contributed by atoms with Crippen molar-refractivity contribution in [2.75, 3.05) is 25.3 Å². The van der Waals surface area contributed by atoms with Crippen LogP contribution in [-0.4, -0.2) is 29.2 Å². The lowest BCUT2D eigenvalue weighted by Crippen LogP contribution is -2.11. The van der Waals surface area contributed by atoms with Crippen LogP contribution in [0.25, 0.3) is 10.9 Å². The molecule has 0 spiro atoms. The summed E-state index contributed by atoms with van der Waals surface area (Å²) >= 11 is 1.66. The van der Waals surface area contributed by atoms with Gasteiger partial charge in [-0.05, 0) is 13.0 Å². The van der Waals surface area contributed by atoms with Crippen molar-refractivity contribution in [1.82, 2.24) is 15.0 Å². The van der Waals surface area contributed by atoms with Crippen LogP contribution in [0.3, 0.4) is 0 Å². The summed E-state index contributed by atoms with van der Waals surface area (Å²) < 4.78 is 10.7. The molecule has 3 aromatic rings. The van der Waals surface area contributed by atoms with E-state index in [-0.39, 0.29) is 6.04 Å². The van der Waals surface area contributed by atoms with Crippen molar-refractivity contribution in [3.8, 4) is 11.5 Å². The second-order valence-corrected chi connectivity index (χ2v) is 7.18. The van der Waals surface area contributed by atoms with E-state index in [0.717, 1.165) is 16.1 Å². The lowest BCUT2D eigenvalue weighted by atomic mass is 10.2. The number of nitrogens with two attached hydrogens (primary N) is 1. The number of aromatic nitrogens is 3. The first-order chi connectivity index (χ1) is 12.4. The molecule has 8 heteroatoms. The quantitative estimate of drug-likeness (QED) is 0.674. The third kappa shape index (κ3) is 3.50. The van der Waals surface area contributed by atoms with Gasteiger partial charge in [-0.3, -0.25) is 0 Å². The van der Waals surface area contributed by atoms with E-state index in [2.05, 4.69) is 39.5 Å². The first-order valence-electron chi connectivity index (χ1n) is 8.34. The summed E-state index contributed by atoms with van der Waals surface area (Å²) in [5.74, 6) is 2.43. The first kappa shape index (κ1) is 18.2. The summed E-state index contributed by atoms with van der Waals surface area (Å²) in [5, 5.41) is 7.17. The molecule has 1 unspecified atom stereocenters. The topological polar surface area (TPSA) is 95.2 Å². The number of anilines is 2. The average Bonchev–Trinajstić information content (AvgIpc) is 3.11. The fourth-order valence-electron chi connectivity index (χ4n) is 2.58. The number of nitrogen functional groups attached to an aromatic ring is 1. The predicted molar refractivity (Wildman–Crippen MR) is 105 cm³/mol. The molecule has 2 aromatic heterocycles. The van der Waals surface area contributed by atoms with Crippen LogP contribution in [0.2, 0.25) is 0 Å². The molecule has 2 heterocycles. The molecule has 0 amide bonds. The summed E-state index contributed by atoms with van der Waals surface area (Å²) in [7, 11) is 3.17. The van der Waals surface area contributed by atoms with Crippen LogP contribution in [0.1, 0.15) is 43.4 Å². The summed E-state index contributed by atoms with van der Waals surface area (Å²) in [5.41, 5.74) is 7.78. The lowest BCUT2D eigenvalue weighted by Gasteiger charge is -2.14. The van der Waals surface area contributed by atoms with Gasteiger partial charge in [-0.1, -0.05) is 13.8 Å². The van der Waals surface area contributed by atoms with Gasteiger partial charge in [0.15, 0.2) is 11.5 Å². The Morgan fingerprint density at radius 1 is 1.04 bits per heavy atom. The average molecular weight is 373 g/mol. The normalized spacial score (nSPS) is 12.4. The van der Waals surface area contributed by atoms with Crippen LogP contribution < -0.4 is 20.5 Å². The highest BCUT2D eigenvalue weighted by molar-refractivity contribution is 7.09. The number of benzene rings is 1. The number of rotatable bonds is 6. The van der Waals surface area contributed by atoms with Gasteiger partial charge in [0.05, 0.1) is 36.5 Å². The zero-order valence-electron chi connectivity index (χ0n) is 15.5. The predicted octanol–water partition coefficient (Wildman–Crippen LogP) is 3.98. The molecular formula is C18H23N5O2S. The van der Waals surface area contributed by atoms with Crippen molar-refractivity contribution in [1.29, 1.82) is 0 Å². The van der Waals surface area contributed by atoms with Gasteiger partial charge in [0.1, 0.15) is 5.82 Å². The Balaban J connectivity index is 1.92. The van der Waals surface area contributed by atoms with E-state index in [1.165, 1.54) is 0 Å². The number of thiazole rings is 1. The fourth-order valence-corrected chi connectivity index (χ4v) is 3.50. The zero-order valence-corrected chi connectivity index (χ0v) is 16.3. The molecule has 0 aliphatic rings. The molecule has 0 radical (unpaired) electrons. The molecule has 1 atom stereocenters. The number of hydrogen-bond donors (Lipinski definition) is 2. The van der Waals surface area contributed by atoms with Gasteiger partial charge in [0.2, 0.25) is 5.95 Å². The van der Waals surface area contributed by atoms with Crippen molar-refractivity contribution < 1.29 is 9.47 Å². The van der Waals surface area contributed by atoms with Crippen LogP contribution in [0.5, 0.6) is 11.5 Å². The Morgan fingerprint density at radius 3 is 2.35 bits per heavy atom. The number of ether oxygens (including phenoxy) is 2. The molecular weight excluding hydrogens is 350 g/mol. The van der Waals surface area contributed by atoms with Gasteiger partial charge in [-0.15, -0.1) is 11.3 Å². The van der Waals surface area contributed by atoms with Gasteiger partial charge >= 0.3 is 0 Å². The first-order valence-corrected chi connectivity index (χ1v) is 9.22. The Kier molecular flexibility index (Phi) is 5.13. The monoisotopic (exact) mass is 373 g/mol. The maximum atomic E-state index is 6.13. The third-order valence-corrected chi connectivity index (χ3v) is 5.22. The van der Waals surface area contributed by atoms with Crippen molar-refractivity contribution in [2.24, 2.45) is 0 Å². The van der Waals surface area contributed by atoms with Crippen molar-refractivity contribution in [3.05, 3.63) is 28.2 Å². The molecule has 3 N–H and O–H groups in total. The SMILES string of the molecule is COc1cc2nc(NC(C)c3csc(C(C)C)n3)nc(N)c2cc1OC. The summed E-state index contributed by atoms with van der Waals surface area (Å²) in [6, 6.07) is 3.55. The maximum absolute atomic E-state index is 6.13. The van der Waals surface area contributed by atoms with Gasteiger partial charge in [-0.25, -0.2) is 9.97 Å². The van der Waals surface area contributed by atoms with Crippen molar-refractivity contribution >= 4 is 34.0 Å². The van der Waals surface area contributed by atoms with E-state index >= 15 is 0 Å². The van der Waals surface area contributed by atoms with E-state index in [1.54, 1.807) is 37.7 Å². The molecule has 3 rings (SSSR count). The Morgan fingerprint density at radius 2 is 1.73 bits per heavy atom. The Labute approximate surface area is 156 Å². The standard InChI is InChI=1S/C18H23N5O2S/c1-9(2)17-21-13(8-26-17)10(3)20-18-22-12-7-15(25-5)14(24-4)6-11(12)16(19)23-18/h6-10H,1-5H3,(H3,19,20,22,23). The molecule has 0 aliphatic carbocycles. The van der Waals surface area contributed by atoms with Crippen LogP contribution in [0.4, 0.5) is 11.8 Å². The highest BCUT2D eigenvalue weighted by Crippen LogP contribution is 2.34. The number of nitrogens with zero attached hydrogens (tertiary/aromatic N) is 3. The Hall–Kier alpha value is -2.61. The molecule has 0 bridgehead atoms. The van der Waals surface area contributed by atoms with E-state index in [1.807, 2.05) is 6.92 Å². The molecule has 0 saturated carbocycles. The minimum Gasteiger partial charge on any atom is -0.493 e. The second kappa shape index (κ2) is 7.33. The fraction of sp³-hybridized carbons (Fsp3) is 0.389. The summed E-state index contributed by atoms with van der Waals surface area (Å²) in [6.45, 7) is 6.29. The molecule has 26 heavy (non-hydrogen) atoms. The van der Waals surface area contributed by atoms with Crippen molar-refractivity contribution in [3.63, 3.8) is 0 Å². The lowest BCUT2D eigenvalue weighted by molar-refractivity contribution is 0.356. The molecule has 1 aromatic carbocycles. The van der Waals surface area contributed by atoms with Gasteiger partial charge in [0.25, 0.3) is 0 Å². The number of fused-ring (bicyclic) bond motifs is 1. The minimum atomic E-state index is -0.0317. The van der Waals surface area contributed by atoms with Crippen LogP contribution >= 0.6 is 11.3 Å². The third-order valence-electron chi connectivity index (χ3n) is 4.05. The van der Waals surface area contributed by atoms with Gasteiger partial charge < -0.3 is 20.5 Å². The van der Waals surface area contributed by atoms with E-state index < -0.39 is 0 Å². The largest absolute Gasteiger partial charge is 0.493 e. The molecule has 0 saturated heterocycles. The molecule has 0 aliphatic heterocycles. The van der Waals surface area contributed by atoms with Crippen LogP contribution in [0.15, 0.2) is 17.5 Å². The van der Waals surface area contributed by atoms with E-state index in [9.17, 15) is 0 Å². The van der Waals surface area contributed by atoms with Crippen molar-refractivity contribution in [2.45, 2.75) is 32.7 Å². The number of hydrogen-bond acceptors (Lipinski definition) is 8. The molecule has 138 valence electrons. The summed E-state index contributed by atoms with van der Waals surface area (Å²) in [6.07, 6.45) is 0. The minimum absolute atomic E-state index is 0.0317. The smallest absolute Gasteiger partial charge is 0.225 e. The highest BCUT2D eigenvalue weighted by atomic mass is 32.1. The second-order valence-electron chi connectivity index (χ2n) is 6.29. The van der Waals surface area contributed by atoms with E-state index in [4.69, 9.17) is 15.2 Å². The Bertz CT molecular complexity index is 925. The molecule has 0 fully saturated rings. The highest BCUT2D eigenvalue weighted by Gasteiger charge is 2.15.